The van der Waals surface area contributed by atoms with Crippen molar-refractivity contribution >= 4 is 5.91 Å². The van der Waals surface area contributed by atoms with Gasteiger partial charge in [-0.15, -0.1) is 0 Å². The molecule has 0 spiro atoms. The summed E-state index contributed by atoms with van der Waals surface area (Å²) in [5.41, 5.74) is 2.98. The third kappa shape index (κ3) is 2.36. The van der Waals surface area contributed by atoms with E-state index in [1.807, 2.05) is 12.1 Å². The highest BCUT2D eigenvalue weighted by atomic mass is 19.1. The van der Waals surface area contributed by atoms with Crippen LogP contribution in [0.4, 0.5) is 4.39 Å². The molecule has 96 valence electrons. The summed E-state index contributed by atoms with van der Waals surface area (Å²) in [6.45, 7) is 0. The minimum Gasteiger partial charge on any atom is -0.345 e. The molecule has 0 heterocycles. The van der Waals surface area contributed by atoms with Gasteiger partial charge in [-0.2, -0.15) is 0 Å². The van der Waals surface area contributed by atoms with Gasteiger partial charge in [0.2, 0.25) is 0 Å². The van der Waals surface area contributed by atoms with Gasteiger partial charge in [-0.3, -0.25) is 4.79 Å². The zero-order chi connectivity index (χ0) is 13.2. The molecule has 0 unspecified atom stereocenters. The van der Waals surface area contributed by atoms with Crippen molar-refractivity contribution in [3.05, 3.63) is 71.0 Å². The van der Waals surface area contributed by atoms with Crippen LogP contribution in [0.15, 0.2) is 48.5 Å². The molecule has 1 amide bonds. The van der Waals surface area contributed by atoms with Gasteiger partial charge in [-0.1, -0.05) is 24.3 Å². The second-order valence-corrected chi connectivity index (χ2v) is 4.77. The molecule has 1 atom stereocenters. The second-order valence-electron chi connectivity index (χ2n) is 4.77. The molecule has 0 aliphatic heterocycles. The van der Waals surface area contributed by atoms with Crippen LogP contribution in [0.2, 0.25) is 0 Å². The lowest BCUT2D eigenvalue weighted by Gasteiger charge is -2.14. The quantitative estimate of drug-likeness (QED) is 0.877. The Morgan fingerprint density at radius 2 is 1.84 bits per heavy atom. The molecule has 2 aromatic rings. The number of rotatable bonds is 2. The number of benzene rings is 2. The van der Waals surface area contributed by atoms with E-state index in [2.05, 4.69) is 17.4 Å². The zero-order valence-corrected chi connectivity index (χ0v) is 10.4. The van der Waals surface area contributed by atoms with E-state index in [9.17, 15) is 9.18 Å². The molecule has 0 saturated carbocycles. The van der Waals surface area contributed by atoms with Crippen molar-refractivity contribution < 1.29 is 9.18 Å². The third-order valence-electron chi connectivity index (χ3n) is 3.54. The van der Waals surface area contributed by atoms with Gasteiger partial charge < -0.3 is 5.32 Å². The number of nitrogens with one attached hydrogen (secondary N) is 1. The molecule has 1 aliphatic rings. The van der Waals surface area contributed by atoms with Crippen LogP contribution in [-0.2, 0) is 6.42 Å². The van der Waals surface area contributed by atoms with Crippen molar-refractivity contribution in [3.8, 4) is 0 Å². The molecule has 0 fully saturated rings. The molecule has 0 saturated heterocycles. The number of halogens is 1. The summed E-state index contributed by atoms with van der Waals surface area (Å²) in [5, 5.41) is 3.01. The van der Waals surface area contributed by atoms with Gasteiger partial charge in [0.15, 0.2) is 0 Å². The first kappa shape index (κ1) is 11.9. The van der Waals surface area contributed by atoms with Crippen LogP contribution in [0, 0.1) is 5.82 Å². The van der Waals surface area contributed by atoms with E-state index in [0.717, 1.165) is 12.8 Å². The molecule has 3 heteroatoms. The van der Waals surface area contributed by atoms with Crippen LogP contribution in [0.5, 0.6) is 0 Å². The van der Waals surface area contributed by atoms with E-state index < -0.39 is 0 Å². The minimum atomic E-state index is -0.331. The van der Waals surface area contributed by atoms with E-state index in [0.29, 0.717) is 5.56 Å². The lowest BCUT2D eigenvalue weighted by atomic mass is 10.1. The van der Waals surface area contributed by atoms with Crippen molar-refractivity contribution in [3.63, 3.8) is 0 Å². The largest absolute Gasteiger partial charge is 0.345 e. The van der Waals surface area contributed by atoms with Crippen LogP contribution in [-0.4, -0.2) is 5.91 Å². The van der Waals surface area contributed by atoms with Crippen LogP contribution < -0.4 is 5.32 Å². The highest BCUT2D eigenvalue weighted by Crippen LogP contribution is 2.30. The topological polar surface area (TPSA) is 29.1 Å². The number of hydrogen-bond donors (Lipinski definition) is 1. The number of amides is 1. The molecule has 2 aromatic carbocycles. The van der Waals surface area contributed by atoms with Crippen LogP contribution in [0.1, 0.15) is 33.9 Å². The maximum Gasteiger partial charge on any atom is 0.251 e. The van der Waals surface area contributed by atoms with Crippen molar-refractivity contribution in [2.75, 3.05) is 0 Å². The van der Waals surface area contributed by atoms with Gasteiger partial charge in [0.05, 0.1) is 6.04 Å². The molecule has 2 nitrogen and oxygen atoms in total. The molecule has 0 bridgehead atoms. The Morgan fingerprint density at radius 1 is 1.11 bits per heavy atom. The summed E-state index contributed by atoms with van der Waals surface area (Å²) >= 11 is 0. The molecule has 0 aromatic heterocycles. The summed E-state index contributed by atoms with van der Waals surface area (Å²) in [6.07, 6.45) is 1.91. The average Bonchev–Trinajstić information content (AvgIpc) is 2.83. The fourth-order valence-corrected chi connectivity index (χ4v) is 2.55. The molecular weight excluding hydrogens is 241 g/mol. The van der Waals surface area contributed by atoms with E-state index in [1.54, 1.807) is 0 Å². The Labute approximate surface area is 111 Å². The van der Waals surface area contributed by atoms with Gasteiger partial charge in [0, 0.05) is 5.56 Å². The first-order chi connectivity index (χ1) is 9.24. The maximum absolute atomic E-state index is 12.8. The second kappa shape index (κ2) is 4.84. The van der Waals surface area contributed by atoms with Gasteiger partial charge in [-0.05, 0) is 48.2 Å². The first-order valence-corrected chi connectivity index (χ1v) is 6.38. The summed E-state index contributed by atoms with van der Waals surface area (Å²) < 4.78 is 12.8. The van der Waals surface area contributed by atoms with Crippen LogP contribution in [0.25, 0.3) is 0 Å². The Hall–Kier alpha value is -2.16. The van der Waals surface area contributed by atoms with Crippen molar-refractivity contribution in [2.24, 2.45) is 0 Å². The van der Waals surface area contributed by atoms with Crippen molar-refractivity contribution in [1.29, 1.82) is 0 Å². The van der Waals surface area contributed by atoms with Crippen molar-refractivity contribution in [2.45, 2.75) is 18.9 Å². The number of aryl methyl sites for hydroxylation is 1. The van der Waals surface area contributed by atoms with Gasteiger partial charge in [0.25, 0.3) is 5.91 Å². The highest BCUT2D eigenvalue weighted by Gasteiger charge is 2.23. The number of fused-ring (bicyclic) bond motifs is 1. The lowest BCUT2D eigenvalue weighted by molar-refractivity contribution is 0.0936. The van der Waals surface area contributed by atoms with Crippen LogP contribution in [0.3, 0.4) is 0 Å². The van der Waals surface area contributed by atoms with E-state index in [1.165, 1.54) is 35.4 Å². The summed E-state index contributed by atoms with van der Waals surface area (Å²) in [5.74, 6) is -0.482. The van der Waals surface area contributed by atoms with Gasteiger partial charge in [0.1, 0.15) is 5.82 Å². The normalized spacial score (nSPS) is 17.0. The summed E-state index contributed by atoms with van der Waals surface area (Å²) in [4.78, 5) is 12.1. The van der Waals surface area contributed by atoms with Crippen molar-refractivity contribution in [1.82, 2.24) is 5.32 Å². The maximum atomic E-state index is 12.8. The lowest BCUT2D eigenvalue weighted by Crippen LogP contribution is -2.27. The predicted molar refractivity (Wildman–Crippen MR) is 71.4 cm³/mol. The average molecular weight is 255 g/mol. The number of hydrogen-bond acceptors (Lipinski definition) is 1. The standard InChI is InChI=1S/C16H14FNO/c17-13-8-5-12(6-9-13)16(19)18-15-10-7-11-3-1-2-4-14(11)15/h1-6,8-9,15H,7,10H2,(H,18,19)/t15-/m1/s1. The first-order valence-electron chi connectivity index (χ1n) is 6.38. The Morgan fingerprint density at radius 3 is 2.63 bits per heavy atom. The molecule has 1 N–H and O–H groups in total. The van der Waals surface area contributed by atoms with E-state index >= 15 is 0 Å². The Balaban J connectivity index is 1.76. The summed E-state index contributed by atoms with van der Waals surface area (Å²) in [7, 11) is 0. The fraction of sp³-hybridized carbons (Fsp3) is 0.188. The van der Waals surface area contributed by atoms with Gasteiger partial charge in [-0.25, -0.2) is 4.39 Å². The molecule has 3 rings (SSSR count). The van der Waals surface area contributed by atoms with E-state index in [4.69, 9.17) is 0 Å². The smallest absolute Gasteiger partial charge is 0.251 e. The predicted octanol–water partition coefficient (Wildman–Crippen LogP) is 3.24. The monoisotopic (exact) mass is 255 g/mol. The Bertz CT molecular complexity index is 606. The zero-order valence-electron chi connectivity index (χ0n) is 10.4. The minimum absolute atomic E-state index is 0.0637. The highest BCUT2D eigenvalue weighted by molar-refractivity contribution is 5.94. The fourth-order valence-electron chi connectivity index (χ4n) is 2.55. The summed E-state index contributed by atoms with van der Waals surface area (Å²) in [6, 6.07) is 13.8. The van der Waals surface area contributed by atoms with Gasteiger partial charge >= 0.3 is 0 Å². The molecule has 19 heavy (non-hydrogen) atoms. The molecule has 1 aliphatic carbocycles. The number of carbonyl (C=O) groups is 1. The van der Waals surface area contributed by atoms with E-state index in [-0.39, 0.29) is 17.8 Å². The third-order valence-corrected chi connectivity index (χ3v) is 3.54. The number of carbonyl (C=O) groups excluding carboxylic acids is 1. The molecule has 0 radical (unpaired) electrons. The Kier molecular flexibility index (Phi) is 3.03. The SMILES string of the molecule is O=C(N[C@@H]1CCc2ccccc21)c1ccc(F)cc1. The van der Waals surface area contributed by atoms with Crippen LogP contribution >= 0.6 is 0 Å². The molecular formula is C16H14FNO.